The van der Waals surface area contributed by atoms with E-state index in [2.05, 4.69) is 100 Å². The highest BCUT2D eigenvalue weighted by Gasteiger charge is 2.48. The summed E-state index contributed by atoms with van der Waals surface area (Å²) < 4.78 is 11.1. The van der Waals surface area contributed by atoms with Gasteiger partial charge < -0.3 is 29.7 Å². The number of hydrogen-bond acceptors (Lipinski definition) is 6. The number of ketones is 1. The minimum absolute atomic E-state index is 0.0736. The van der Waals surface area contributed by atoms with Crippen LogP contribution in [0.25, 0.3) is 29.9 Å². The van der Waals surface area contributed by atoms with Crippen molar-refractivity contribution in [2.45, 2.75) is 127 Å². The molecule has 59 heavy (non-hydrogen) atoms. The van der Waals surface area contributed by atoms with E-state index in [-0.39, 0.29) is 30.0 Å². The lowest BCUT2D eigenvalue weighted by Crippen LogP contribution is -2.25. The van der Waals surface area contributed by atoms with E-state index in [1.807, 2.05) is 13.0 Å². The number of aromatic nitrogens is 3. The Labute approximate surface area is 351 Å². The Kier molecular flexibility index (Phi) is 13.8. The minimum atomic E-state index is -1.13. The Hall–Kier alpha value is -4.79. The average Bonchev–Trinajstić information content (AvgIpc) is 3.94. The standard InChI is InChI=1S/C50H68N4O5/c1-12-34-30(7)37-24-39-32(9)36(20-21-43(55)59-23-22-29(6)19-15-18-28(5)17-14-16-27(3)4)47(53-39)45-46(50(57)58-11)49(56)44-33(10)40(54-48(44)45)26-42-35(13-2)31(8)38(52-42)25-41(34)51-37/h12,24-29,32,36,46,51-54H,1,13-23H2,2-11H3/b38-25-,39-24-,42-26-,47-45-/t28-,29?,32+,36+,46-/m1/s1. The molecule has 0 aromatic carbocycles. The van der Waals surface area contributed by atoms with Crippen LogP contribution in [0.3, 0.4) is 0 Å². The molecule has 3 aromatic heterocycles. The van der Waals surface area contributed by atoms with Crippen molar-refractivity contribution in [2.75, 3.05) is 13.7 Å². The highest BCUT2D eigenvalue weighted by Crippen LogP contribution is 2.48. The SMILES string of the molecule is C=Cc1c2[nH]c(c1C)/C=C1\N/C(=C3\c4[nH]c(c(C)c4C(=O)[C@@H]3C(=O)OC)/C=c3\[nH]/c(c(C)c3CC)=C\2)[C@@H](CCC(=O)OCCC(C)CCC[C@H](C)CCCC(C)C)[C@@H]1C. The van der Waals surface area contributed by atoms with Gasteiger partial charge in [-0.1, -0.05) is 92.7 Å². The lowest BCUT2D eigenvalue weighted by molar-refractivity contribution is -0.144. The number of ether oxygens (including phenoxy) is 2. The van der Waals surface area contributed by atoms with Crippen LogP contribution < -0.4 is 16.0 Å². The van der Waals surface area contributed by atoms with Crippen LogP contribution in [0.1, 0.15) is 160 Å². The van der Waals surface area contributed by atoms with Crippen molar-refractivity contribution >= 4 is 47.6 Å². The number of allylic oxidation sites excluding steroid dienone is 2. The number of carbonyl (C=O) groups is 3. The third-order valence-corrected chi connectivity index (χ3v) is 13.5. The smallest absolute Gasteiger partial charge is 0.321 e. The van der Waals surface area contributed by atoms with Gasteiger partial charge in [0.05, 0.1) is 19.4 Å². The van der Waals surface area contributed by atoms with Gasteiger partial charge in [-0.2, -0.15) is 0 Å². The summed E-state index contributed by atoms with van der Waals surface area (Å²) in [5.74, 6) is -0.512. The zero-order valence-electron chi connectivity index (χ0n) is 37.3. The zero-order chi connectivity index (χ0) is 42.7. The lowest BCUT2D eigenvalue weighted by Gasteiger charge is -2.20. The van der Waals surface area contributed by atoms with Crippen molar-refractivity contribution in [1.82, 2.24) is 20.3 Å². The normalized spacial score (nSPS) is 22.5. The number of aromatic amines is 3. The Morgan fingerprint density at radius 2 is 1.51 bits per heavy atom. The molecule has 4 N–H and O–H groups in total. The fourth-order valence-electron chi connectivity index (χ4n) is 9.70. The predicted molar refractivity (Wildman–Crippen MR) is 239 cm³/mol. The second-order valence-corrected chi connectivity index (χ2v) is 18.1. The summed E-state index contributed by atoms with van der Waals surface area (Å²) in [6, 6.07) is 0. The maximum absolute atomic E-state index is 14.4. The third-order valence-electron chi connectivity index (χ3n) is 13.5. The molecule has 1 aliphatic carbocycles. The number of nitrogens with one attached hydrogen (secondary N) is 4. The van der Waals surface area contributed by atoms with Crippen molar-refractivity contribution in [3.63, 3.8) is 0 Å². The molecule has 5 atom stereocenters. The molecule has 2 aliphatic heterocycles. The molecule has 0 radical (unpaired) electrons. The van der Waals surface area contributed by atoms with Crippen LogP contribution in [-0.4, -0.2) is 46.4 Å². The fraction of sp³-hybridized carbons (Fsp3) is 0.540. The van der Waals surface area contributed by atoms with Crippen LogP contribution in [0, 0.1) is 56.3 Å². The Morgan fingerprint density at radius 1 is 0.847 bits per heavy atom. The van der Waals surface area contributed by atoms with Crippen LogP contribution in [-0.2, 0) is 25.5 Å². The summed E-state index contributed by atoms with van der Waals surface area (Å²) in [5.41, 5.74) is 11.3. The molecular formula is C50H68N4O5. The van der Waals surface area contributed by atoms with E-state index in [1.165, 1.54) is 44.8 Å². The molecular weight excluding hydrogens is 737 g/mol. The van der Waals surface area contributed by atoms with Crippen LogP contribution in [0.2, 0.25) is 0 Å². The molecule has 9 heteroatoms. The van der Waals surface area contributed by atoms with Gasteiger partial charge in [0.1, 0.15) is 5.92 Å². The molecule has 1 unspecified atom stereocenters. The van der Waals surface area contributed by atoms with E-state index in [4.69, 9.17) is 9.47 Å². The van der Waals surface area contributed by atoms with Gasteiger partial charge >= 0.3 is 11.9 Å². The van der Waals surface area contributed by atoms with Gasteiger partial charge in [0.25, 0.3) is 0 Å². The van der Waals surface area contributed by atoms with Crippen molar-refractivity contribution in [3.05, 3.63) is 84.8 Å². The second-order valence-electron chi connectivity index (χ2n) is 18.1. The summed E-state index contributed by atoms with van der Waals surface area (Å²) >= 11 is 0. The number of H-pyrrole nitrogens is 3. The van der Waals surface area contributed by atoms with E-state index in [1.54, 1.807) is 0 Å². The van der Waals surface area contributed by atoms with Crippen molar-refractivity contribution < 1.29 is 23.9 Å². The van der Waals surface area contributed by atoms with Crippen molar-refractivity contribution in [1.29, 1.82) is 0 Å². The molecule has 0 amide bonds. The first-order valence-electron chi connectivity index (χ1n) is 22.2. The first-order chi connectivity index (χ1) is 28.2. The van der Waals surface area contributed by atoms with Gasteiger partial charge in [0.15, 0.2) is 5.78 Å². The molecule has 9 nitrogen and oxygen atoms in total. The maximum Gasteiger partial charge on any atom is 0.321 e. The fourth-order valence-corrected chi connectivity index (χ4v) is 9.70. The highest BCUT2D eigenvalue weighted by atomic mass is 16.5. The molecule has 3 aromatic rings. The first kappa shape index (κ1) is 43.8. The second kappa shape index (κ2) is 18.6. The Balaban J connectivity index is 1.31. The molecule has 1 saturated heterocycles. The number of rotatable bonds is 17. The van der Waals surface area contributed by atoms with Crippen molar-refractivity contribution in [3.8, 4) is 0 Å². The van der Waals surface area contributed by atoms with E-state index < -0.39 is 11.9 Å². The molecule has 8 bridgehead atoms. The summed E-state index contributed by atoms with van der Waals surface area (Å²) in [4.78, 5) is 52.3. The number of methoxy groups -OCH3 is 1. The molecule has 6 rings (SSSR count). The third kappa shape index (κ3) is 9.04. The highest BCUT2D eigenvalue weighted by molar-refractivity contribution is 6.24. The predicted octanol–water partition coefficient (Wildman–Crippen LogP) is 9.35. The number of carbonyl (C=O) groups excluding carboxylic acids is 3. The van der Waals surface area contributed by atoms with Crippen molar-refractivity contribution in [2.24, 2.45) is 35.5 Å². The lowest BCUT2D eigenvalue weighted by atomic mass is 9.85. The Bertz CT molecular complexity index is 2280. The Morgan fingerprint density at radius 3 is 2.17 bits per heavy atom. The molecule has 0 spiro atoms. The zero-order valence-corrected chi connectivity index (χ0v) is 37.3. The van der Waals surface area contributed by atoms with E-state index in [0.717, 1.165) is 92.5 Å². The monoisotopic (exact) mass is 805 g/mol. The first-order valence-corrected chi connectivity index (χ1v) is 22.2. The molecule has 1 fully saturated rings. The van der Waals surface area contributed by atoms with Gasteiger partial charge in [-0.3, -0.25) is 14.4 Å². The summed E-state index contributed by atoms with van der Waals surface area (Å²) in [5, 5.41) is 5.67. The van der Waals surface area contributed by atoms with Crippen LogP contribution in [0.5, 0.6) is 0 Å². The summed E-state index contributed by atoms with van der Waals surface area (Å²) in [7, 11) is 1.33. The van der Waals surface area contributed by atoms with Crippen LogP contribution in [0.4, 0.5) is 0 Å². The molecule has 318 valence electrons. The van der Waals surface area contributed by atoms with Crippen LogP contribution in [0.15, 0.2) is 18.0 Å². The van der Waals surface area contributed by atoms with Gasteiger partial charge in [0, 0.05) is 74.1 Å². The van der Waals surface area contributed by atoms with Crippen LogP contribution >= 0.6 is 0 Å². The number of fused-ring (bicyclic) bond motifs is 7. The van der Waals surface area contributed by atoms with Gasteiger partial charge in [0.2, 0.25) is 0 Å². The topological polar surface area (TPSA) is 129 Å². The quantitative estimate of drug-likeness (QED) is 0.0796. The average molecular weight is 805 g/mol. The van der Waals surface area contributed by atoms with E-state index >= 15 is 0 Å². The van der Waals surface area contributed by atoms with Gasteiger partial charge in [-0.15, -0.1) is 0 Å². The van der Waals surface area contributed by atoms with Gasteiger partial charge in [-0.25, -0.2) is 0 Å². The van der Waals surface area contributed by atoms with Gasteiger partial charge in [-0.05, 0) is 98.3 Å². The molecule has 5 heterocycles. The van der Waals surface area contributed by atoms with E-state index in [0.29, 0.717) is 35.8 Å². The number of esters is 2. The molecule has 0 saturated carbocycles. The maximum atomic E-state index is 14.4. The molecule has 3 aliphatic rings. The largest absolute Gasteiger partial charge is 0.468 e. The number of hydrogen-bond donors (Lipinski definition) is 4. The minimum Gasteiger partial charge on any atom is -0.468 e. The summed E-state index contributed by atoms with van der Waals surface area (Å²) in [6.45, 7) is 24.2. The number of Topliss-reactive ketones (excluding diaryl/α,β-unsaturated/α-hetero) is 1. The summed E-state index contributed by atoms with van der Waals surface area (Å²) in [6.07, 6.45) is 18.1. The van der Waals surface area contributed by atoms with E-state index in [9.17, 15) is 14.4 Å².